The fraction of sp³-hybridized carbons (Fsp3) is 0.333. The summed E-state index contributed by atoms with van der Waals surface area (Å²) < 4.78 is 0. The normalized spacial score (nSPS) is 24.9. The lowest BCUT2D eigenvalue weighted by Gasteiger charge is -2.42. The van der Waals surface area contributed by atoms with Crippen LogP contribution in [0.3, 0.4) is 0 Å². The smallest absolute Gasteiger partial charge is 0.0284 e. The van der Waals surface area contributed by atoms with E-state index in [-0.39, 0.29) is 0 Å². The van der Waals surface area contributed by atoms with Gasteiger partial charge in [-0.2, -0.15) is 0 Å². The van der Waals surface area contributed by atoms with Gasteiger partial charge in [0.1, 0.15) is 0 Å². The van der Waals surface area contributed by atoms with Crippen LogP contribution in [0.2, 0.25) is 0 Å². The maximum Gasteiger partial charge on any atom is 0.0284 e. The zero-order valence-electron chi connectivity index (χ0n) is 13.2. The number of rotatable bonds is 2. The van der Waals surface area contributed by atoms with Crippen LogP contribution in [-0.4, -0.2) is 24.0 Å². The van der Waals surface area contributed by atoms with Gasteiger partial charge in [-0.25, -0.2) is 0 Å². The zero-order valence-corrected chi connectivity index (χ0v) is 13.2. The van der Waals surface area contributed by atoms with Gasteiger partial charge < -0.3 is 0 Å². The summed E-state index contributed by atoms with van der Waals surface area (Å²) in [7, 11) is 2.29. The third kappa shape index (κ3) is 2.50. The molecular formula is C21H23N. The lowest BCUT2D eigenvalue weighted by atomic mass is 9.83. The first kappa shape index (κ1) is 13.8. The second-order valence-electron chi connectivity index (χ2n) is 6.66. The second-order valence-corrected chi connectivity index (χ2v) is 6.66. The molecule has 1 heteroatoms. The van der Waals surface area contributed by atoms with E-state index < -0.39 is 0 Å². The van der Waals surface area contributed by atoms with E-state index in [1.165, 1.54) is 42.4 Å². The van der Waals surface area contributed by atoms with E-state index in [0.29, 0.717) is 6.04 Å². The Balaban J connectivity index is 1.61. The Morgan fingerprint density at radius 1 is 0.818 bits per heavy atom. The molecule has 0 N–H and O–H groups in total. The molecule has 2 unspecified atom stereocenters. The lowest BCUT2D eigenvalue weighted by molar-refractivity contribution is 0.137. The van der Waals surface area contributed by atoms with Gasteiger partial charge in [0.2, 0.25) is 0 Å². The van der Waals surface area contributed by atoms with Crippen molar-refractivity contribution in [1.82, 2.24) is 4.90 Å². The van der Waals surface area contributed by atoms with Crippen molar-refractivity contribution in [3.8, 4) is 11.1 Å². The average molecular weight is 289 g/mol. The third-order valence-electron chi connectivity index (χ3n) is 5.35. The first-order valence-electron chi connectivity index (χ1n) is 8.40. The summed E-state index contributed by atoms with van der Waals surface area (Å²) in [6.07, 6.45) is 7.77. The van der Waals surface area contributed by atoms with E-state index in [1.54, 1.807) is 5.57 Å². The van der Waals surface area contributed by atoms with E-state index >= 15 is 0 Å². The van der Waals surface area contributed by atoms with Gasteiger partial charge in [0.05, 0.1) is 0 Å². The Labute approximate surface area is 133 Å². The second kappa shape index (κ2) is 5.73. The van der Waals surface area contributed by atoms with Crippen LogP contribution in [0.1, 0.15) is 31.2 Å². The van der Waals surface area contributed by atoms with Crippen LogP contribution < -0.4 is 0 Å². The monoisotopic (exact) mass is 289 g/mol. The van der Waals surface area contributed by atoms with Crippen LogP contribution in [0.25, 0.3) is 16.7 Å². The van der Waals surface area contributed by atoms with Crippen molar-refractivity contribution in [3.05, 3.63) is 66.2 Å². The molecule has 2 heterocycles. The molecule has 2 aromatic carbocycles. The first-order chi connectivity index (χ1) is 10.8. The van der Waals surface area contributed by atoms with Gasteiger partial charge in [-0.05, 0) is 48.6 Å². The molecule has 4 rings (SSSR count). The number of hydrogen-bond acceptors (Lipinski definition) is 1. The molecule has 0 aromatic heterocycles. The van der Waals surface area contributed by atoms with Gasteiger partial charge in [-0.3, -0.25) is 4.90 Å². The molecule has 2 aliphatic rings. The van der Waals surface area contributed by atoms with Crippen LogP contribution in [0.5, 0.6) is 0 Å². The number of benzene rings is 2. The molecular weight excluding hydrogens is 266 g/mol. The molecule has 0 aliphatic carbocycles. The van der Waals surface area contributed by atoms with E-state index in [0.717, 1.165) is 6.04 Å². The highest BCUT2D eigenvalue weighted by molar-refractivity contribution is 5.71. The maximum absolute atomic E-state index is 2.57. The predicted molar refractivity (Wildman–Crippen MR) is 93.7 cm³/mol. The molecule has 2 bridgehead atoms. The summed E-state index contributed by atoms with van der Waals surface area (Å²) in [4.78, 5) is 2.57. The van der Waals surface area contributed by atoms with Crippen molar-refractivity contribution < 1.29 is 0 Å². The molecule has 2 aliphatic heterocycles. The fourth-order valence-electron chi connectivity index (χ4n) is 3.96. The van der Waals surface area contributed by atoms with Crippen molar-refractivity contribution >= 4 is 5.57 Å². The predicted octanol–water partition coefficient (Wildman–Crippen LogP) is 4.99. The molecule has 1 saturated heterocycles. The molecule has 0 radical (unpaired) electrons. The highest BCUT2D eigenvalue weighted by Gasteiger charge is 2.31. The Hall–Kier alpha value is -1.86. The van der Waals surface area contributed by atoms with Crippen molar-refractivity contribution in [3.63, 3.8) is 0 Å². The maximum atomic E-state index is 2.57. The van der Waals surface area contributed by atoms with E-state index in [9.17, 15) is 0 Å². The largest absolute Gasteiger partial charge is 0.297 e. The number of piperidine rings is 1. The SMILES string of the molecule is CN1C2C=C(c3ccc(-c4ccccc4)cc3)CC1CCC2. The lowest BCUT2D eigenvalue weighted by Crippen LogP contribution is -2.45. The van der Waals surface area contributed by atoms with Gasteiger partial charge in [-0.1, -0.05) is 67.1 Å². The first-order valence-corrected chi connectivity index (χ1v) is 8.40. The van der Waals surface area contributed by atoms with Crippen molar-refractivity contribution in [1.29, 1.82) is 0 Å². The van der Waals surface area contributed by atoms with Crippen molar-refractivity contribution in [2.75, 3.05) is 7.05 Å². The highest BCUT2D eigenvalue weighted by Crippen LogP contribution is 2.36. The third-order valence-corrected chi connectivity index (χ3v) is 5.35. The minimum Gasteiger partial charge on any atom is -0.297 e. The molecule has 1 nitrogen and oxygen atoms in total. The van der Waals surface area contributed by atoms with Gasteiger partial charge in [0.25, 0.3) is 0 Å². The average Bonchev–Trinajstić information content (AvgIpc) is 2.56. The van der Waals surface area contributed by atoms with Gasteiger partial charge in [0.15, 0.2) is 0 Å². The van der Waals surface area contributed by atoms with E-state index in [2.05, 4.69) is 72.6 Å². The Morgan fingerprint density at radius 3 is 2.23 bits per heavy atom. The summed E-state index contributed by atoms with van der Waals surface area (Å²) >= 11 is 0. The standard InChI is InChI=1S/C21H23N/c1-22-20-8-5-9-21(22)15-19(14-20)18-12-10-17(11-13-18)16-6-3-2-4-7-16/h2-4,6-7,10-14,20-21H,5,8-9,15H2,1H3. The Kier molecular flexibility index (Phi) is 3.59. The Morgan fingerprint density at radius 2 is 1.50 bits per heavy atom. The molecule has 0 amide bonds. The Bertz CT molecular complexity index is 669. The van der Waals surface area contributed by atoms with Crippen LogP contribution in [0, 0.1) is 0 Å². The topological polar surface area (TPSA) is 3.24 Å². The summed E-state index contributed by atoms with van der Waals surface area (Å²) in [6, 6.07) is 21.1. The van der Waals surface area contributed by atoms with E-state index in [4.69, 9.17) is 0 Å². The number of likely N-dealkylation sites (N-methyl/N-ethyl adjacent to an activating group) is 1. The van der Waals surface area contributed by atoms with Crippen LogP contribution in [0.4, 0.5) is 0 Å². The molecule has 0 saturated carbocycles. The molecule has 22 heavy (non-hydrogen) atoms. The zero-order chi connectivity index (χ0) is 14.9. The number of hydrogen-bond donors (Lipinski definition) is 0. The van der Waals surface area contributed by atoms with E-state index in [1.807, 2.05) is 0 Å². The fourth-order valence-corrected chi connectivity index (χ4v) is 3.96. The molecule has 0 spiro atoms. The van der Waals surface area contributed by atoms with Gasteiger partial charge in [0, 0.05) is 12.1 Å². The van der Waals surface area contributed by atoms with Gasteiger partial charge >= 0.3 is 0 Å². The summed E-state index contributed by atoms with van der Waals surface area (Å²) in [5, 5.41) is 0. The minimum atomic E-state index is 0.649. The van der Waals surface area contributed by atoms with Crippen molar-refractivity contribution in [2.24, 2.45) is 0 Å². The molecule has 2 aromatic rings. The molecule has 112 valence electrons. The molecule has 2 atom stereocenters. The minimum absolute atomic E-state index is 0.649. The summed E-state index contributed by atoms with van der Waals surface area (Å²) in [5.41, 5.74) is 5.55. The summed E-state index contributed by atoms with van der Waals surface area (Å²) in [5.74, 6) is 0. The summed E-state index contributed by atoms with van der Waals surface area (Å²) in [6.45, 7) is 0. The van der Waals surface area contributed by atoms with Crippen LogP contribution >= 0.6 is 0 Å². The van der Waals surface area contributed by atoms with Crippen molar-refractivity contribution in [2.45, 2.75) is 37.8 Å². The number of fused-ring (bicyclic) bond motifs is 2. The highest BCUT2D eigenvalue weighted by atomic mass is 15.2. The van der Waals surface area contributed by atoms with Gasteiger partial charge in [-0.15, -0.1) is 0 Å². The quantitative estimate of drug-likeness (QED) is 0.752. The molecule has 1 fully saturated rings. The van der Waals surface area contributed by atoms with Crippen LogP contribution in [-0.2, 0) is 0 Å². The van der Waals surface area contributed by atoms with Crippen LogP contribution in [0.15, 0.2) is 60.7 Å². The number of nitrogens with zero attached hydrogens (tertiary/aromatic N) is 1.